The van der Waals surface area contributed by atoms with Gasteiger partial charge in [0.1, 0.15) is 5.75 Å². The molecule has 4 aromatic rings. The Labute approximate surface area is 211 Å². The number of benzene rings is 3. The van der Waals surface area contributed by atoms with Gasteiger partial charge in [-0.1, -0.05) is 18.2 Å². The number of amides is 1. The molecule has 0 fully saturated rings. The first-order valence-electron chi connectivity index (χ1n) is 11.1. The molecule has 0 aliphatic heterocycles. The van der Waals surface area contributed by atoms with Gasteiger partial charge < -0.3 is 15.0 Å². The number of halogens is 3. The van der Waals surface area contributed by atoms with Crippen LogP contribution in [0.4, 0.5) is 18.9 Å². The summed E-state index contributed by atoms with van der Waals surface area (Å²) in [5, 5.41) is 12.4. The molecule has 0 saturated heterocycles. The van der Waals surface area contributed by atoms with Crippen molar-refractivity contribution >= 4 is 21.4 Å². The number of sulfone groups is 1. The maximum Gasteiger partial charge on any atom is 0.418 e. The number of carbonyl (C=O) groups is 1. The number of hydrogen-bond acceptors (Lipinski definition) is 4. The number of carbonyl (C=O) groups excluding carboxylic acids is 1. The van der Waals surface area contributed by atoms with Crippen LogP contribution in [0.3, 0.4) is 0 Å². The van der Waals surface area contributed by atoms with Crippen molar-refractivity contribution in [3.63, 3.8) is 0 Å². The fraction of sp³-hybridized carbons (Fsp3) is 0.148. The van der Waals surface area contributed by atoms with Crippen molar-refractivity contribution in [2.75, 3.05) is 11.6 Å². The maximum atomic E-state index is 14.2. The van der Waals surface area contributed by atoms with Crippen LogP contribution in [-0.4, -0.2) is 30.3 Å². The summed E-state index contributed by atoms with van der Waals surface area (Å²) in [6.07, 6.45) is -3.62. The summed E-state index contributed by atoms with van der Waals surface area (Å²) in [6, 6.07) is 17.0. The molecule has 192 valence electrons. The first kappa shape index (κ1) is 26.0. The summed E-state index contributed by atoms with van der Waals surface area (Å²) in [6.45, 7) is 3.16. The Morgan fingerprint density at radius 2 is 1.57 bits per heavy atom. The molecule has 37 heavy (non-hydrogen) atoms. The van der Waals surface area contributed by atoms with Crippen molar-refractivity contribution in [2.45, 2.75) is 24.9 Å². The highest BCUT2D eigenvalue weighted by Gasteiger charge is 2.35. The van der Waals surface area contributed by atoms with Crippen LogP contribution in [0.25, 0.3) is 16.8 Å². The number of aromatic hydroxyl groups is 1. The molecule has 3 aromatic carbocycles. The van der Waals surface area contributed by atoms with Gasteiger partial charge >= 0.3 is 6.18 Å². The number of phenols is 1. The lowest BCUT2D eigenvalue weighted by molar-refractivity contribution is -0.137. The molecule has 0 saturated carbocycles. The molecule has 1 amide bonds. The van der Waals surface area contributed by atoms with Gasteiger partial charge in [0, 0.05) is 23.3 Å². The van der Waals surface area contributed by atoms with E-state index in [4.69, 9.17) is 0 Å². The lowest BCUT2D eigenvalue weighted by atomic mass is 10.0. The van der Waals surface area contributed by atoms with Crippen LogP contribution in [-0.2, 0) is 16.0 Å². The zero-order chi connectivity index (χ0) is 27.1. The van der Waals surface area contributed by atoms with Crippen molar-refractivity contribution in [1.82, 2.24) is 4.57 Å². The van der Waals surface area contributed by atoms with E-state index in [1.807, 2.05) is 0 Å². The molecule has 0 spiro atoms. The second kappa shape index (κ2) is 9.44. The zero-order valence-corrected chi connectivity index (χ0v) is 20.9. The summed E-state index contributed by atoms with van der Waals surface area (Å²) in [4.78, 5) is 13.1. The van der Waals surface area contributed by atoms with Gasteiger partial charge in [-0.05, 0) is 79.6 Å². The van der Waals surface area contributed by atoms with Gasteiger partial charge in [0.15, 0.2) is 9.84 Å². The molecule has 0 radical (unpaired) electrons. The summed E-state index contributed by atoms with van der Waals surface area (Å²) >= 11 is 0. The smallest absolute Gasteiger partial charge is 0.418 e. The van der Waals surface area contributed by atoms with Crippen molar-refractivity contribution < 1.29 is 31.5 Å². The summed E-state index contributed by atoms with van der Waals surface area (Å²) in [5.74, 6) is -0.606. The van der Waals surface area contributed by atoms with E-state index in [0.717, 1.165) is 12.3 Å². The Hall–Kier alpha value is -4.05. The predicted molar refractivity (Wildman–Crippen MR) is 135 cm³/mol. The Bertz CT molecular complexity index is 1610. The van der Waals surface area contributed by atoms with Crippen LogP contribution in [0.2, 0.25) is 0 Å². The van der Waals surface area contributed by atoms with Crippen molar-refractivity contribution in [2.24, 2.45) is 0 Å². The summed E-state index contributed by atoms with van der Waals surface area (Å²) in [7, 11) is -3.40. The number of nitrogens with one attached hydrogen (secondary N) is 1. The number of aryl methyl sites for hydroxylation is 1. The monoisotopic (exact) mass is 528 g/mol. The van der Waals surface area contributed by atoms with Crippen molar-refractivity contribution in [3.8, 4) is 22.6 Å². The van der Waals surface area contributed by atoms with Gasteiger partial charge in [-0.25, -0.2) is 8.42 Å². The van der Waals surface area contributed by atoms with E-state index in [-0.39, 0.29) is 27.5 Å². The molecule has 4 rings (SSSR count). The number of rotatable bonds is 5. The third-order valence-corrected chi connectivity index (χ3v) is 7.07. The first-order chi connectivity index (χ1) is 17.3. The van der Waals surface area contributed by atoms with E-state index in [1.165, 1.54) is 59.2 Å². The highest BCUT2D eigenvalue weighted by Crippen LogP contribution is 2.38. The number of nitrogens with zero attached hydrogens (tertiary/aromatic N) is 1. The van der Waals surface area contributed by atoms with Crippen LogP contribution in [0.15, 0.2) is 77.7 Å². The molecule has 0 atom stereocenters. The van der Waals surface area contributed by atoms with Crippen LogP contribution >= 0.6 is 0 Å². The average molecular weight is 529 g/mol. The van der Waals surface area contributed by atoms with Gasteiger partial charge in [0.2, 0.25) is 0 Å². The minimum Gasteiger partial charge on any atom is -0.508 e. The minimum absolute atomic E-state index is 0.0613. The SMILES string of the molecule is Cc1cc(C(=O)Nc2ccc(S(C)(=O)=O)cc2)c(C)n1-c1ccc(-c2cccc(O)c2)cc1C(F)(F)F. The minimum atomic E-state index is -4.69. The van der Waals surface area contributed by atoms with Gasteiger partial charge in [0.05, 0.1) is 21.7 Å². The lowest BCUT2D eigenvalue weighted by Crippen LogP contribution is -2.15. The Balaban J connectivity index is 1.73. The van der Waals surface area contributed by atoms with Crippen LogP contribution in [0.1, 0.15) is 27.3 Å². The first-order valence-corrected chi connectivity index (χ1v) is 13.0. The number of hydrogen-bond donors (Lipinski definition) is 2. The Kier molecular flexibility index (Phi) is 6.64. The Morgan fingerprint density at radius 3 is 2.16 bits per heavy atom. The molecule has 10 heteroatoms. The highest BCUT2D eigenvalue weighted by molar-refractivity contribution is 7.90. The largest absolute Gasteiger partial charge is 0.508 e. The molecule has 0 unspecified atom stereocenters. The van der Waals surface area contributed by atoms with E-state index in [1.54, 1.807) is 26.0 Å². The van der Waals surface area contributed by atoms with E-state index in [0.29, 0.717) is 22.6 Å². The molecule has 2 N–H and O–H groups in total. The number of alkyl halides is 3. The number of phenolic OH excluding ortho intramolecular Hbond substituents is 1. The van der Waals surface area contributed by atoms with Gasteiger partial charge in [-0.15, -0.1) is 0 Å². The highest BCUT2D eigenvalue weighted by atomic mass is 32.2. The second-order valence-corrected chi connectivity index (χ2v) is 10.7. The third kappa shape index (κ3) is 5.39. The number of anilines is 1. The van der Waals surface area contributed by atoms with Crippen LogP contribution < -0.4 is 5.32 Å². The number of aromatic nitrogens is 1. The molecular formula is C27H23F3N2O4S. The standard InChI is InChI=1S/C27H23F3N2O4S/c1-16-13-23(26(34)31-20-8-10-22(11-9-20)37(3,35)36)17(2)32(16)25-12-7-19(15-24(25)27(28,29)30)18-5-4-6-21(33)14-18/h4-15,33H,1-3H3,(H,31,34). The fourth-order valence-electron chi connectivity index (χ4n) is 4.17. The molecule has 0 aliphatic carbocycles. The van der Waals surface area contributed by atoms with Gasteiger partial charge in [-0.3, -0.25) is 4.79 Å². The van der Waals surface area contributed by atoms with Crippen LogP contribution in [0.5, 0.6) is 5.75 Å². The Morgan fingerprint density at radius 1 is 0.919 bits per heavy atom. The van der Waals surface area contributed by atoms with E-state index in [2.05, 4.69) is 5.32 Å². The molecular weight excluding hydrogens is 505 g/mol. The third-order valence-electron chi connectivity index (χ3n) is 5.94. The normalized spacial score (nSPS) is 11.9. The molecule has 0 aliphatic rings. The lowest BCUT2D eigenvalue weighted by Gasteiger charge is -2.18. The zero-order valence-electron chi connectivity index (χ0n) is 20.1. The second-order valence-electron chi connectivity index (χ2n) is 8.65. The fourth-order valence-corrected chi connectivity index (χ4v) is 4.80. The quantitative estimate of drug-likeness (QED) is 0.326. The molecule has 6 nitrogen and oxygen atoms in total. The van der Waals surface area contributed by atoms with Crippen molar-refractivity contribution in [1.29, 1.82) is 0 Å². The van der Waals surface area contributed by atoms with Crippen molar-refractivity contribution in [3.05, 3.63) is 95.3 Å². The van der Waals surface area contributed by atoms with Gasteiger partial charge in [-0.2, -0.15) is 13.2 Å². The van der Waals surface area contributed by atoms with E-state index >= 15 is 0 Å². The van der Waals surface area contributed by atoms with E-state index < -0.39 is 27.5 Å². The van der Waals surface area contributed by atoms with Crippen LogP contribution in [0, 0.1) is 13.8 Å². The van der Waals surface area contributed by atoms with E-state index in [9.17, 15) is 31.5 Å². The predicted octanol–water partition coefficient (Wildman–Crippen LogP) is 6.14. The topological polar surface area (TPSA) is 88.4 Å². The molecule has 1 aromatic heterocycles. The molecule has 0 bridgehead atoms. The summed E-state index contributed by atoms with van der Waals surface area (Å²) < 4.78 is 67.1. The summed E-state index contributed by atoms with van der Waals surface area (Å²) in [5.41, 5.74) is 0.930. The van der Waals surface area contributed by atoms with Gasteiger partial charge in [0.25, 0.3) is 5.91 Å². The average Bonchev–Trinajstić information content (AvgIpc) is 3.11. The maximum absolute atomic E-state index is 14.2. The molecule has 1 heterocycles.